The number of nitrogens with one attached hydrogen (secondary N) is 1. The second-order valence-corrected chi connectivity index (χ2v) is 4.03. The Morgan fingerprint density at radius 1 is 1.47 bits per heavy atom. The first-order valence-electron chi connectivity index (χ1n) is 4.92. The minimum atomic E-state index is -0.641. The van der Waals surface area contributed by atoms with Gasteiger partial charge in [0.15, 0.2) is 0 Å². The number of halogens is 1. The molecule has 2 aliphatic heterocycles. The summed E-state index contributed by atoms with van der Waals surface area (Å²) < 4.78 is 18.4. The average molecular weight is 207 g/mol. The van der Waals surface area contributed by atoms with Gasteiger partial charge in [-0.3, -0.25) is 4.79 Å². The van der Waals surface area contributed by atoms with Crippen LogP contribution in [-0.2, 0) is 14.9 Å². The molecule has 1 atom stereocenters. The van der Waals surface area contributed by atoms with Crippen LogP contribution < -0.4 is 5.32 Å². The third-order valence-corrected chi connectivity index (χ3v) is 3.20. The van der Waals surface area contributed by atoms with Crippen LogP contribution in [0.15, 0.2) is 18.2 Å². The van der Waals surface area contributed by atoms with Gasteiger partial charge in [-0.25, -0.2) is 4.39 Å². The molecule has 15 heavy (non-hydrogen) atoms. The number of carbonyl (C=O) groups is 1. The molecule has 3 rings (SSSR count). The van der Waals surface area contributed by atoms with Gasteiger partial charge in [0.05, 0.1) is 6.61 Å². The molecule has 0 bridgehead atoms. The number of ether oxygens (including phenoxy) is 1. The van der Waals surface area contributed by atoms with E-state index < -0.39 is 5.41 Å². The number of fused-ring (bicyclic) bond motifs is 2. The van der Waals surface area contributed by atoms with Gasteiger partial charge in [-0.1, -0.05) is 0 Å². The maximum Gasteiger partial charge on any atom is 0.237 e. The highest BCUT2D eigenvalue weighted by Gasteiger charge is 2.49. The molecule has 1 spiro atoms. The summed E-state index contributed by atoms with van der Waals surface area (Å²) in [5.74, 6) is -0.378. The summed E-state index contributed by atoms with van der Waals surface area (Å²) in [4.78, 5) is 11.9. The van der Waals surface area contributed by atoms with Crippen molar-refractivity contribution < 1.29 is 13.9 Å². The van der Waals surface area contributed by atoms with Crippen LogP contribution in [0, 0.1) is 5.82 Å². The zero-order chi connectivity index (χ0) is 10.5. The third kappa shape index (κ3) is 1.05. The summed E-state index contributed by atoms with van der Waals surface area (Å²) in [6, 6.07) is 4.39. The van der Waals surface area contributed by atoms with Gasteiger partial charge >= 0.3 is 0 Å². The van der Waals surface area contributed by atoms with E-state index in [0.29, 0.717) is 25.3 Å². The summed E-state index contributed by atoms with van der Waals surface area (Å²) in [6.07, 6.45) is 0.634. The number of carbonyl (C=O) groups excluding carboxylic acids is 1. The first-order valence-corrected chi connectivity index (χ1v) is 4.92. The van der Waals surface area contributed by atoms with Gasteiger partial charge in [0, 0.05) is 12.3 Å². The van der Waals surface area contributed by atoms with Crippen LogP contribution in [0.5, 0.6) is 0 Å². The van der Waals surface area contributed by atoms with E-state index in [-0.39, 0.29) is 11.7 Å². The third-order valence-electron chi connectivity index (χ3n) is 3.20. The summed E-state index contributed by atoms with van der Waals surface area (Å²) in [7, 11) is 0. The van der Waals surface area contributed by atoms with E-state index in [2.05, 4.69) is 5.32 Å². The molecule has 78 valence electrons. The Hall–Kier alpha value is -1.42. The second-order valence-electron chi connectivity index (χ2n) is 4.03. The lowest BCUT2D eigenvalue weighted by molar-refractivity contribution is -0.120. The fraction of sp³-hybridized carbons (Fsp3) is 0.364. The van der Waals surface area contributed by atoms with Crippen LogP contribution in [0.25, 0.3) is 0 Å². The van der Waals surface area contributed by atoms with Crippen LogP contribution in [0.3, 0.4) is 0 Å². The summed E-state index contributed by atoms with van der Waals surface area (Å²) in [5.41, 5.74) is 0.814. The van der Waals surface area contributed by atoms with Gasteiger partial charge in [0.25, 0.3) is 0 Å². The van der Waals surface area contributed by atoms with Crippen molar-refractivity contribution in [3.05, 3.63) is 29.6 Å². The molecule has 2 aliphatic rings. The highest BCUT2D eigenvalue weighted by Crippen LogP contribution is 2.43. The van der Waals surface area contributed by atoms with E-state index in [9.17, 15) is 9.18 Å². The Bertz CT molecular complexity index is 438. The molecule has 0 aromatic heterocycles. The molecule has 0 radical (unpaired) electrons. The van der Waals surface area contributed by atoms with Crippen LogP contribution in [0.4, 0.5) is 10.1 Å². The van der Waals surface area contributed by atoms with E-state index in [1.165, 1.54) is 12.1 Å². The molecule has 1 aromatic rings. The molecule has 1 fully saturated rings. The van der Waals surface area contributed by atoms with E-state index in [1.807, 2.05) is 0 Å². The van der Waals surface area contributed by atoms with E-state index in [4.69, 9.17) is 4.74 Å². The molecule has 3 nitrogen and oxygen atoms in total. The predicted molar refractivity (Wildman–Crippen MR) is 52.1 cm³/mol. The van der Waals surface area contributed by atoms with Crippen LogP contribution >= 0.6 is 0 Å². The number of amides is 1. The lowest BCUT2D eigenvalue weighted by Gasteiger charge is -2.18. The van der Waals surface area contributed by atoms with Crippen molar-refractivity contribution in [2.24, 2.45) is 0 Å². The minimum absolute atomic E-state index is 0.0689. The fourth-order valence-electron chi connectivity index (χ4n) is 2.34. The largest absolute Gasteiger partial charge is 0.380 e. The fourth-order valence-corrected chi connectivity index (χ4v) is 2.34. The highest BCUT2D eigenvalue weighted by atomic mass is 19.1. The van der Waals surface area contributed by atoms with E-state index in [0.717, 1.165) is 5.56 Å². The predicted octanol–water partition coefficient (Wildman–Crippen LogP) is 1.44. The van der Waals surface area contributed by atoms with Gasteiger partial charge in [0.2, 0.25) is 5.91 Å². The van der Waals surface area contributed by atoms with Gasteiger partial charge in [0.1, 0.15) is 11.2 Å². The molecule has 1 aromatic carbocycles. The lowest BCUT2D eigenvalue weighted by Crippen LogP contribution is -2.34. The lowest BCUT2D eigenvalue weighted by atomic mass is 9.81. The number of rotatable bonds is 0. The van der Waals surface area contributed by atoms with Crippen LogP contribution in [0.1, 0.15) is 12.0 Å². The van der Waals surface area contributed by atoms with Crippen molar-refractivity contribution in [2.75, 3.05) is 18.5 Å². The summed E-state index contributed by atoms with van der Waals surface area (Å²) >= 11 is 0. The first-order chi connectivity index (χ1) is 7.22. The van der Waals surface area contributed by atoms with Crippen molar-refractivity contribution in [1.82, 2.24) is 0 Å². The Balaban J connectivity index is 2.19. The van der Waals surface area contributed by atoms with Gasteiger partial charge < -0.3 is 10.1 Å². The van der Waals surface area contributed by atoms with Crippen molar-refractivity contribution >= 4 is 11.6 Å². The molecule has 4 heteroatoms. The Kier molecular flexibility index (Phi) is 1.65. The monoisotopic (exact) mass is 207 g/mol. The zero-order valence-electron chi connectivity index (χ0n) is 8.05. The molecule has 0 unspecified atom stereocenters. The van der Waals surface area contributed by atoms with Crippen molar-refractivity contribution in [1.29, 1.82) is 0 Å². The summed E-state index contributed by atoms with van der Waals surface area (Å²) in [5, 5.41) is 2.77. The highest BCUT2D eigenvalue weighted by molar-refractivity contribution is 6.06. The standard InChI is InChI=1S/C11H10FNO2/c12-7-1-2-9-8(5-7)11(10(14)13-9)3-4-15-6-11/h1-2,5H,3-4,6H2,(H,13,14)/t11-/m1/s1. The maximum atomic E-state index is 13.1. The summed E-state index contributed by atoms with van der Waals surface area (Å²) in [6.45, 7) is 0.915. The molecular formula is C11H10FNO2. The van der Waals surface area contributed by atoms with Crippen molar-refractivity contribution in [2.45, 2.75) is 11.8 Å². The molecule has 0 saturated carbocycles. The Morgan fingerprint density at radius 2 is 2.33 bits per heavy atom. The van der Waals surface area contributed by atoms with Gasteiger partial charge in [-0.05, 0) is 30.2 Å². The second kappa shape index (κ2) is 2.79. The normalized spacial score (nSPS) is 28.2. The van der Waals surface area contributed by atoms with E-state index >= 15 is 0 Å². The van der Waals surface area contributed by atoms with Gasteiger partial charge in [-0.15, -0.1) is 0 Å². The number of anilines is 1. The van der Waals surface area contributed by atoms with Crippen LogP contribution in [-0.4, -0.2) is 19.1 Å². The Labute approximate surface area is 86.2 Å². The first kappa shape index (κ1) is 8.85. The van der Waals surface area contributed by atoms with Crippen molar-refractivity contribution in [3.63, 3.8) is 0 Å². The molecule has 0 aliphatic carbocycles. The molecule has 1 saturated heterocycles. The number of hydrogen-bond donors (Lipinski definition) is 1. The average Bonchev–Trinajstić information content (AvgIpc) is 2.78. The number of hydrogen-bond acceptors (Lipinski definition) is 2. The molecule has 1 N–H and O–H groups in total. The smallest absolute Gasteiger partial charge is 0.237 e. The topological polar surface area (TPSA) is 38.3 Å². The van der Waals surface area contributed by atoms with Gasteiger partial charge in [-0.2, -0.15) is 0 Å². The number of benzene rings is 1. The van der Waals surface area contributed by atoms with Crippen molar-refractivity contribution in [3.8, 4) is 0 Å². The molecule has 2 heterocycles. The molecular weight excluding hydrogens is 197 g/mol. The Morgan fingerprint density at radius 3 is 3.07 bits per heavy atom. The quantitative estimate of drug-likeness (QED) is 0.699. The minimum Gasteiger partial charge on any atom is -0.380 e. The zero-order valence-corrected chi connectivity index (χ0v) is 8.05. The van der Waals surface area contributed by atoms with Crippen LogP contribution in [0.2, 0.25) is 0 Å². The SMILES string of the molecule is O=C1Nc2ccc(F)cc2[C@]12CCOC2. The maximum absolute atomic E-state index is 13.1. The molecule has 1 amide bonds. The van der Waals surface area contributed by atoms with E-state index in [1.54, 1.807) is 6.07 Å².